The lowest BCUT2D eigenvalue weighted by molar-refractivity contribution is 0.787. The largest absolute Gasteiger partial charge is 0.360 e. The van der Waals surface area contributed by atoms with E-state index < -0.39 is 0 Å². The number of fused-ring (bicyclic) bond motifs is 1. The van der Waals surface area contributed by atoms with E-state index in [4.69, 9.17) is 5.73 Å². The summed E-state index contributed by atoms with van der Waals surface area (Å²) in [7, 11) is 0. The van der Waals surface area contributed by atoms with Crippen molar-refractivity contribution in [3.05, 3.63) is 46.8 Å². The molecule has 0 fully saturated rings. The molecule has 4 nitrogen and oxygen atoms in total. The number of aliphatic imine (C=N–C) groups is 1. The van der Waals surface area contributed by atoms with Gasteiger partial charge in [0, 0.05) is 28.9 Å². The molecule has 1 atom stereocenters. The lowest BCUT2D eigenvalue weighted by Crippen LogP contribution is -2.32. The van der Waals surface area contributed by atoms with Gasteiger partial charge in [0.2, 0.25) is 0 Å². The maximum Gasteiger partial charge on any atom is 0.136 e. The van der Waals surface area contributed by atoms with Crippen LogP contribution in [-0.4, -0.2) is 17.0 Å². The van der Waals surface area contributed by atoms with E-state index in [9.17, 15) is 0 Å². The monoisotopic (exact) mass is 254 g/mol. The number of hydrogen-bond donors (Lipinski definition) is 3. The summed E-state index contributed by atoms with van der Waals surface area (Å²) < 4.78 is 0. The van der Waals surface area contributed by atoms with E-state index in [2.05, 4.69) is 41.3 Å². The Hall–Kier alpha value is -2.07. The van der Waals surface area contributed by atoms with Gasteiger partial charge in [0.15, 0.2) is 0 Å². The summed E-state index contributed by atoms with van der Waals surface area (Å²) in [6.07, 6.45) is 3.66. The van der Waals surface area contributed by atoms with E-state index in [1.54, 1.807) is 0 Å². The highest BCUT2D eigenvalue weighted by Crippen LogP contribution is 2.24. The van der Waals surface area contributed by atoms with Crippen LogP contribution in [0.15, 0.2) is 35.1 Å². The van der Waals surface area contributed by atoms with Crippen molar-refractivity contribution in [2.45, 2.75) is 26.9 Å². The Balaban J connectivity index is 2.15. The van der Waals surface area contributed by atoms with Gasteiger partial charge in [-0.2, -0.15) is 0 Å². The van der Waals surface area contributed by atoms with Gasteiger partial charge >= 0.3 is 0 Å². The SMILES string of the molecule is CC1=CNC(c2c[nH]c3c(C)cc(C)cc23)=NC1N. The maximum absolute atomic E-state index is 5.97. The Morgan fingerprint density at radius 3 is 2.74 bits per heavy atom. The van der Waals surface area contributed by atoms with Crippen LogP contribution in [0.3, 0.4) is 0 Å². The second-order valence-corrected chi connectivity index (χ2v) is 5.16. The van der Waals surface area contributed by atoms with Crippen molar-refractivity contribution in [2.75, 3.05) is 0 Å². The molecule has 1 aliphatic rings. The average Bonchev–Trinajstić information content (AvgIpc) is 2.76. The van der Waals surface area contributed by atoms with Gasteiger partial charge in [-0.3, -0.25) is 0 Å². The van der Waals surface area contributed by atoms with Gasteiger partial charge in [-0.05, 0) is 38.0 Å². The average molecular weight is 254 g/mol. The molecular weight excluding hydrogens is 236 g/mol. The number of aromatic nitrogens is 1. The third-order valence-electron chi connectivity index (χ3n) is 3.56. The first-order valence-corrected chi connectivity index (χ1v) is 6.41. The Bertz CT molecular complexity index is 706. The summed E-state index contributed by atoms with van der Waals surface area (Å²) in [5.74, 6) is 0.828. The number of hydrogen-bond acceptors (Lipinski definition) is 3. The topological polar surface area (TPSA) is 66.2 Å². The molecular formula is C15H18N4. The zero-order valence-corrected chi connectivity index (χ0v) is 11.4. The minimum atomic E-state index is -0.257. The van der Waals surface area contributed by atoms with Crippen LogP contribution < -0.4 is 11.1 Å². The first-order chi connectivity index (χ1) is 9.06. The van der Waals surface area contributed by atoms with Crippen LogP contribution in [0.2, 0.25) is 0 Å². The fourth-order valence-corrected chi connectivity index (χ4v) is 2.48. The van der Waals surface area contributed by atoms with Crippen LogP contribution in [0.1, 0.15) is 23.6 Å². The molecule has 2 aromatic rings. The molecule has 0 saturated carbocycles. The molecule has 3 rings (SSSR count). The summed E-state index contributed by atoms with van der Waals surface area (Å²) in [6.45, 7) is 6.19. The minimum absolute atomic E-state index is 0.257. The Labute approximate surface area is 112 Å². The molecule has 1 aromatic carbocycles. The molecule has 0 radical (unpaired) electrons. The molecule has 1 unspecified atom stereocenters. The lowest BCUT2D eigenvalue weighted by Gasteiger charge is -2.17. The number of benzene rings is 1. The van der Waals surface area contributed by atoms with Crippen molar-refractivity contribution < 1.29 is 0 Å². The standard InChI is InChI=1S/C15H18N4/c1-8-4-9(2)13-11(5-8)12(7-17-13)15-18-6-10(3)14(16)19-15/h4-7,14,17H,16H2,1-3H3,(H,18,19). The Morgan fingerprint density at radius 1 is 1.21 bits per heavy atom. The van der Waals surface area contributed by atoms with Crippen LogP contribution in [0.5, 0.6) is 0 Å². The van der Waals surface area contributed by atoms with Gasteiger partial charge in [-0.25, -0.2) is 4.99 Å². The minimum Gasteiger partial charge on any atom is -0.360 e. The summed E-state index contributed by atoms with van der Waals surface area (Å²) in [4.78, 5) is 7.83. The van der Waals surface area contributed by atoms with Crippen molar-refractivity contribution in [1.82, 2.24) is 10.3 Å². The highest BCUT2D eigenvalue weighted by atomic mass is 15.1. The van der Waals surface area contributed by atoms with Gasteiger partial charge in [0.25, 0.3) is 0 Å². The first kappa shape index (κ1) is 12.0. The van der Waals surface area contributed by atoms with E-state index >= 15 is 0 Å². The fraction of sp³-hybridized carbons (Fsp3) is 0.267. The van der Waals surface area contributed by atoms with Crippen molar-refractivity contribution in [2.24, 2.45) is 10.7 Å². The summed E-state index contributed by atoms with van der Waals surface area (Å²) >= 11 is 0. The Morgan fingerprint density at radius 2 is 2.00 bits per heavy atom. The molecule has 4 N–H and O–H groups in total. The third-order valence-corrected chi connectivity index (χ3v) is 3.56. The summed E-state index contributed by atoms with van der Waals surface area (Å²) in [6, 6.07) is 4.35. The number of H-pyrrole nitrogens is 1. The van der Waals surface area contributed by atoms with E-state index in [0.29, 0.717) is 0 Å². The first-order valence-electron chi connectivity index (χ1n) is 6.41. The van der Waals surface area contributed by atoms with Crippen molar-refractivity contribution in [3.8, 4) is 0 Å². The van der Waals surface area contributed by atoms with Gasteiger partial charge in [0.1, 0.15) is 12.0 Å². The Kier molecular flexibility index (Phi) is 2.68. The number of nitrogens with one attached hydrogen (secondary N) is 2. The quantitative estimate of drug-likeness (QED) is 0.731. The fourth-order valence-electron chi connectivity index (χ4n) is 2.48. The molecule has 0 saturated heterocycles. The zero-order valence-electron chi connectivity index (χ0n) is 11.4. The van der Waals surface area contributed by atoms with Crippen LogP contribution in [0.4, 0.5) is 0 Å². The van der Waals surface area contributed by atoms with Crippen molar-refractivity contribution >= 4 is 16.7 Å². The van der Waals surface area contributed by atoms with Crippen molar-refractivity contribution in [1.29, 1.82) is 0 Å². The van der Waals surface area contributed by atoms with Crippen LogP contribution in [0.25, 0.3) is 10.9 Å². The molecule has 0 bridgehead atoms. The van der Waals surface area contributed by atoms with Crippen LogP contribution in [-0.2, 0) is 0 Å². The molecule has 4 heteroatoms. The van der Waals surface area contributed by atoms with Gasteiger partial charge in [0.05, 0.1) is 0 Å². The smallest absolute Gasteiger partial charge is 0.136 e. The molecule has 98 valence electrons. The normalized spacial score (nSPS) is 19.1. The lowest BCUT2D eigenvalue weighted by atomic mass is 10.0. The molecule has 1 aliphatic heterocycles. The van der Waals surface area contributed by atoms with Crippen molar-refractivity contribution in [3.63, 3.8) is 0 Å². The number of rotatable bonds is 1. The predicted octanol–water partition coefficient (Wildman–Crippen LogP) is 2.32. The number of aromatic amines is 1. The van der Waals surface area contributed by atoms with E-state index in [1.807, 2.05) is 19.3 Å². The van der Waals surface area contributed by atoms with Crippen LogP contribution >= 0.6 is 0 Å². The summed E-state index contributed by atoms with van der Waals surface area (Å²) in [5.41, 5.74) is 11.7. The number of nitrogens with two attached hydrogens (primary N) is 1. The summed E-state index contributed by atoms with van der Waals surface area (Å²) in [5, 5.41) is 4.40. The molecule has 0 spiro atoms. The third kappa shape index (κ3) is 1.94. The predicted molar refractivity (Wildman–Crippen MR) is 79.2 cm³/mol. The zero-order chi connectivity index (χ0) is 13.6. The molecule has 0 amide bonds. The van der Waals surface area contributed by atoms with Gasteiger partial charge < -0.3 is 16.0 Å². The molecule has 2 heterocycles. The van der Waals surface area contributed by atoms with Gasteiger partial charge in [-0.15, -0.1) is 0 Å². The molecule has 0 aliphatic carbocycles. The second-order valence-electron chi connectivity index (χ2n) is 5.16. The maximum atomic E-state index is 5.97. The second kappa shape index (κ2) is 4.24. The van der Waals surface area contributed by atoms with Crippen LogP contribution in [0, 0.1) is 13.8 Å². The molecule has 1 aromatic heterocycles. The van der Waals surface area contributed by atoms with E-state index in [1.165, 1.54) is 16.5 Å². The number of amidine groups is 1. The number of nitrogens with zero attached hydrogens (tertiary/aromatic N) is 1. The van der Waals surface area contributed by atoms with E-state index in [-0.39, 0.29) is 6.17 Å². The molecule has 19 heavy (non-hydrogen) atoms. The highest BCUT2D eigenvalue weighted by Gasteiger charge is 2.16. The van der Waals surface area contributed by atoms with E-state index in [0.717, 1.165) is 22.5 Å². The van der Waals surface area contributed by atoms with Gasteiger partial charge in [-0.1, -0.05) is 11.6 Å². The highest BCUT2D eigenvalue weighted by molar-refractivity contribution is 6.11. The number of aryl methyl sites for hydroxylation is 2.